The molecule has 0 saturated carbocycles. The van der Waals surface area contributed by atoms with Crippen molar-refractivity contribution in [3.63, 3.8) is 0 Å². The van der Waals surface area contributed by atoms with E-state index in [1.165, 1.54) is 0 Å². The van der Waals surface area contributed by atoms with Crippen molar-refractivity contribution in [2.24, 2.45) is 4.99 Å². The summed E-state index contributed by atoms with van der Waals surface area (Å²) >= 11 is 0. The Hall–Kier alpha value is -3.49. The summed E-state index contributed by atoms with van der Waals surface area (Å²) in [6.07, 6.45) is 1.21. The van der Waals surface area contributed by atoms with E-state index in [0.717, 1.165) is 28.0 Å². The third-order valence-corrected chi connectivity index (χ3v) is 4.26. The molecule has 0 fully saturated rings. The lowest BCUT2D eigenvalue weighted by atomic mass is 10.1. The van der Waals surface area contributed by atoms with Crippen LogP contribution in [0.4, 0.5) is 16.3 Å². The van der Waals surface area contributed by atoms with Gasteiger partial charge in [-0.05, 0) is 65.3 Å². The average molecular weight is 424 g/mol. The van der Waals surface area contributed by atoms with Crippen LogP contribution in [0.15, 0.2) is 23.2 Å². The zero-order chi connectivity index (χ0) is 22.9. The molecule has 1 N–H and O–H groups in total. The molecule has 0 atom stereocenters. The first kappa shape index (κ1) is 22.2. The number of aryl methyl sites for hydroxylation is 3. The molecule has 1 amide bonds. The van der Waals surface area contributed by atoms with Gasteiger partial charge in [-0.15, -0.1) is 0 Å². The normalized spacial score (nSPS) is 11.9. The number of hydrogen-bond acceptors (Lipinski definition) is 6. The lowest BCUT2D eigenvalue weighted by Gasteiger charge is -2.20. The molecule has 2 heterocycles. The Labute approximate surface area is 182 Å². The van der Waals surface area contributed by atoms with Crippen LogP contribution in [0.2, 0.25) is 0 Å². The molecule has 0 bridgehead atoms. The van der Waals surface area contributed by atoms with Gasteiger partial charge in [-0.2, -0.15) is 5.10 Å². The fourth-order valence-electron chi connectivity index (χ4n) is 3.07. The number of carbonyl (C=O) groups excluding carboxylic acids is 1. The first-order valence-corrected chi connectivity index (χ1v) is 10.0. The average Bonchev–Trinajstić information content (AvgIpc) is 2.94. The topological polar surface area (TPSA) is 97.5 Å². The molecule has 3 aromatic rings. The minimum absolute atomic E-state index is 0.496. The second-order valence-corrected chi connectivity index (χ2v) is 8.63. The van der Waals surface area contributed by atoms with Crippen molar-refractivity contribution in [2.45, 2.75) is 47.1 Å². The number of rotatable bonds is 4. The lowest BCUT2D eigenvalue weighted by Crippen LogP contribution is -2.27. The standard InChI is InChI=1S/C22H29N7O2/c1-13-11-16(26-21(30)31-22(4,5)6)9-10-17(13)29-19-18(14(2)27-29)24-15(3)25-20(19)23-12-28(7)8/h9-12H,1-8H3,(H,26,30). The number of ether oxygens (including phenoxy) is 1. The van der Waals surface area contributed by atoms with Crippen molar-refractivity contribution in [2.75, 3.05) is 19.4 Å². The molecular weight excluding hydrogens is 394 g/mol. The Morgan fingerprint density at radius 2 is 1.90 bits per heavy atom. The number of carbonyl (C=O) groups is 1. The first-order chi connectivity index (χ1) is 14.4. The van der Waals surface area contributed by atoms with E-state index in [-0.39, 0.29) is 0 Å². The number of benzene rings is 1. The fraction of sp³-hybridized carbons (Fsp3) is 0.409. The smallest absolute Gasteiger partial charge is 0.412 e. The van der Waals surface area contributed by atoms with Gasteiger partial charge in [-0.3, -0.25) is 5.32 Å². The van der Waals surface area contributed by atoms with Gasteiger partial charge in [0.15, 0.2) is 5.82 Å². The van der Waals surface area contributed by atoms with Crippen LogP contribution in [0, 0.1) is 20.8 Å². The maximum absolute atomic E-state index is 12.1. The van der Waals surface area contributed by atoms with Gasteiger partial charge in [0.05, 0.1) is 17.7 Å². The van der Waals surface area contributed by atoms with Crippen LogP contribution < -0.4 is 5.32 Å². The number of aromatic nitrogens is 4. The van der Waals surface area contributed by atoms with E-state index in [9.17, 15) is 4.79 Å². The number of nitrogens with zero attached hydrogens (tertiary/aromatic N) is 6. The number of amides is 1. The molecule has 0 saturated heterocycles. The van der Waals surface area contributed by atoms with Crippen LogP contribution in [-0.2, 0) is 4.74 Å². The van der Waals surface area contributed by atoms with Crippen molar-refractivity contribution < 1.29 is 9.53 Å². The number of hydrogen-bond donors (Lipinski definition) is 1. The highest BCUT2D eigenvalue weighted by Crippen LogP contribution is 2.30. The zero-order valence-electron chi connectivity index (χ0n) is 19.3. The molecule has 0 aliphatic rings. The minimum atomic E-state index is -0.563. The lowest BCUT2D eigenvalue weighted by molar-refractivity contribution is 0.0636. The largest absolute Gasteiger partial charge is 0.444 e. The van der Waals surface area contributed by atoms with E-state index in [2.05, 4.69) is 20.3 Å². The van der Waals surface area contributed by atoms with Gasteiger partial charge in [0.25, 0.3) is 0 Å². The van der Waals surface area contributed by atoms with Crippen LogP contribution in [-0.4, -0.2) is 56.8 Å². The van der Waals surface area contributed by atoms with E-state index < -0.39 is 11.7 Å². The molecule has 0 unspecified atom stereocenters. The first-order valence-electron chi connectivity index (χ1n) is 10.0. The minimum Gasteiger partial charge on any atom is -0.444 e. The number of aliphatic imine (C=N–C) groups is 1. The Balaban J connectivity index is 2.05. The molecule has 9 heteroatoms. The predicted octanol–water partition coefficient (Wildman–Crippen LogP) is 4.31. The Bertz CT molecular complexity index is 1160. The predicted molar refractivity (Wildman–Crippen MR) is 123 cm³/mol. The number of nitrogens with one attached hydrogen (secondary N) is 1. The van der Waals surface area contributed by atoms with Crippen molar-refractivity contribution in [3.05, 3.63) is 35.3 Å². The molecule has 9 nitrogen and oxygen atoms in total. The summed E-state index contributed by atoms with van der Waals surface area (Å²) in [6, 6.07) is 5.58. The molecule has 0 aliphatic carbocycles. The van der Waals surface area contributed by atoms with Crippen molar-refractivity contribution >= 4 is 35.0 Å². The molecule has 0 spiro atoms. The summed E-state index contributed by atoms with van der Waals surface area (Å²) in [6.45, 7) is 11.2. The monoisotopic (exact) mass is 423 g/mol. The number of anilines is 1. The van der Waals surface area contributed by atoms with Gasteiger partial charge in [0.1, 0.15) is 22.5 Å². The van der Waals surface area contributed by atoms with Crippen LogP contribution >= 0.6 is 0 Å². The third kappa shape index (κ3) is 5.17. The highest BCUT2D eigenvalue weighted by molar-refractivity contribution is 5.89. The van der Waals surface area contributed by atoms with E-state index in [1.807, 2.05) is 78.7 Å². The summed E-state index contributed by atoms with van der Waals surface area (Å²) in [5, 5.41) is 7.47. The molecule has 1 aromatic carbocycles. The van der Waals surface area contributed by atoms with E-state index in [0.29, 0.717) is 17.3 Å². The summed E-state index contributed by atoms with van der Waals surface area (Å²) in [7, 11) is 3.80. The highest BCUT2D eigenvalue weighted by Gasteiger charge is 2.19. The maximum Gasteiger partial charge on any atom is 0.412 e. The SMILES string of the molecule is Cc1nc(N=CN(C)C)c2c(n1)c(C)nn2-c1ccc(NC(=O)OC(C)(C)C)cc1C. The van der Waals surface area contributed by atoms with E-state index in [4.69, 9.17) is 9.84 Å². The molecule has 3 rings (SSSR count). The number of fused-ring (bicyclic) bond motifs is 1. The Morgan fingerprint density at radius 1 is 1.19 bits per heavy atom. The summed E-state index contributed by atoms with van der Waals surface area (Å²) < 4.78 is 7.13. The van der Waals surface area contributed by atoms with Crippen LogP contribution in [0.5, 0.6) is 0 Å². The van der Waals surface area contributed by atoms with Crippen molar-refractivity contribution in [1.82, 2.24) is 24.6 Å². The van der Waals surface area contributed by atoms with Gasteiger partial charge < -0.3 is 9.64 Å². The van der Waals surface area contributed by atoms with Crippen LogP contribution in [0.25, 0.3) is 16.7 Å². The van der Waals surface area contributed by atoms with Gasteiger partial charge in [0, 0.05) is 19.8 Å². The Kier molecular flexibility index (Phi) is 5.97. The van der Waals surface area contributed by atoms with Crippen molar-refractivity contribution in [3.8, 4) is 5.69 Å². The quantitative estimate of drug-likeness (QED) is 0.496. The van der Waals surface area contributed by atoms with Gasteiger partial charge in [-0.25, -0.2) is 24.4 Å². The Morgan fingerprint density at radius 3 is 2.52 bits per heavy atom. The van der Waals surface area contributed by atoms with E-state index in [1.54, 1.807) is 11.0 Å². The van der Waals surface area contributed by atoms with Gasteiger partial charge >= 0.3 is 6.09 Å². The molecular formula is C22H29N7O2. The van der Waals surface area contributed by atoms with Crippen molar-refractivity contribution in [1.29, 1.82) is 0 Å². The second-order valence-electron chi connectivity index (χ2n) is 8.63. The molecule has 0 aliphatic heterocycles. The molecule has 0 radical (unpaired) electrons. The summed E-state index contributed by atoms with van der Waals surface area (Å²) in [4.78, 5) is 27.6. The maximum atomic E-state index is 12.1. The summed E-state index contributed by atoms with van der Waals surface area (Å²) in [5.74, 6) is 1.18. The third-order valence-electron chi connectivity index (χ3n) is 4.26. The van der Waals surface area contributed by atoms with Gasteiger partial charge in [-0.1, -0.05) is 0 Å². The zero-order valence-corrected chi connectivity index (χ0v) is 19.3. The van der Waals surface area contributed by atoms with Gasteiger partial charge in [0.2, 0.25) is 0 Å². The second kappa shape index (κ2) is 8.33. The highest BCUT2D eigenvalue weighted by atomic mass is 16.6. The molecule has 2 aromatic heterocycles. The molecule has 31 heavy (non-hydrogen) atoms. The van der Waals surface area contributed by atoms with Crippen LogP contribution in [0.1, 0.15) is 37.9 Å². The molecule has 164 valence electrons. The van der Waals surface area contributed by atoms with E-state index >= 15 is 0 Å². The fourth-order valence-corrected chi connectivity index (χ4v) is 3.07. The van der Waals surface area contributed by atoms with Crippen LogP contribution in [0.3, 0.4) is 0 Å². The summed E-state index contributed by atoms with van der Waals surface area (Å²) in [5.41, 5.74) is 4.12.